The molecule has 7 heteroatoms. The minimum atomic E-state index is -0.668. The van der Waals surface area contributed by atoms with Gasteiger partial charge in [0.1, 0.15) is 5.82 Å². The number of amides is 2. The number of hydrogen-bond donors (Lipinski definition) is 2. The molecule has 0 bridgehead atoms. The van der Waals surface area contributed by atoms with Crippen LogP contribution in [-0.4, -0.2) is 56.1 Å². The third kappa shape index (κ3) is 6.37. The molecule has 1 aliphatic rings. The van der Waals surface area contributed by atoms with Crippen molar-refractivity contribution in [2.75, 3.05) is 39.4 Å². The molecule has 2 N–H and O–H groups in total. The summed E-state index contributed by atoms with van der Waals surface area (Å²) in [6.07, 6.45) is 0.659. The molecule has 1 fully saturated rings. The number of nitrogens with one attached hydrogen (secondary N) is 2. The van der Waals surface area contributed by atoms with Crippen LogP contribution in [0, 0.1) is 5.82 Å². The molecule has 0 saturated carbocycles. The van der Waals surface area contributed by atoms with Gasteiger partial charge >= 0.3 is 11.8 Å². The summed E-state index contributed by atoms with van der Waals surface area (Å²) < 4.78 is 18.7. The van der Waals surface area contributed by atoms with Crippen LogP contribution in [0.25, 0.3) is 0 Å². The van der Waals surface area contributed by atoms with Crippen molar-refractivity contribution in [1.29, 1.82) is 0 Å². The Balaban J connectivity index is 1.52. The van der Waals surface area contributed by atoms with Gasteiger partial charge in [-0.15, -0.1) is 0 Å². The van der Waals surface area contributed by atoms with Gasteiger partial charge in [0.2, 0.25) is 0 Å². The molecule has 29 heavy (non-hydrogen) atoms. The Bertz CT molecular complexity index is 793. The van der Waals surface area contributed by atoms with Gasteiger partial charge in [0.25, 0.3) is 0 Å². The third-order valence-electron chi connectivity index (χ3n) is 4.95. The highest BCUT2D eigenvalue weighted by Crippen LogP contribution is 2.21. The first-order chi connectivity index (χ1) is 14.1. The number of carbonyl (C=O) groups excluding carboxylic acids is 2. The number of hydrogen-bond acceptors (Lipinski definition) is 4. The molecule has 2 aromatic rings. The zero-order valence-corrected chi connectivity index (χ0v) is 16.3. The molecule has 0 radical (unpaired) electrons. The molecular weight excluding hydrogens is 373 g/mol. The van der Waals surface area contributed by atoms with Crippen LogP contribution < -0.4 is 10.6 Å². The number of nitrogens with zero attached hydrogens (tertiary/aromatic N) is 1. The average Bonchev–Trinajstić information content (AvgIpc) is 2.76. The van der Waals surface area contributed by atoms with Crippen molar-refractivity contribution < 1.29 is 18.7 Å². The zero-order chi connectivity index (χ0) is 20.5. The Hall–Kier alpha value is -2.77. The number of carbonyl (C=O) groups is 2. The fraction of sp³-hybridized carbons (Fsp3) is 0.364. The van der Waals surface area contributed by atoms with Crippen LogP contribution in [0.2, 0.25) is 0 Å². The van der Waals surface area contributed by atoms with E-state index in [9.17, 15) is 14.0 Å². The normalized spacial score (nSPS) is 15.5. The predicted octanol–water partition coefficient (Wildman–Crippen LogP) is 1.67. The molecular formula is C22H26FN3O3. The molecule has 1 aliphatic heterocycles. The molecule has 1 atom stereocenters. The zero-order valence-electron chi connectivity index (χ0n) is 16.3. The summed E-state index contributed by atoms with van der Waals surface area (Å²) in [4.78, 5) is 26.5. The molecule has 2 amide bonds. The third-order valence-corrected chi connectivity index (χ3v) is 4.95. The van der Waals surface area contributed by atoms with Crippen LogP contribution in [0.4, 0.5) is 4.39 Å². The van der Waals surface area contributed by atoms with Crippen molar-refractivity contribution in [3.63, 3.8) is 0 Å². The van der Waals surface area contributed by atoms with Crippen molar-refractivity contribution in [2.45, 2.75) is 12.5 Å². The fourth-order valence-corrected chi connectivity index (χ4v) is 3.35. The van der Waals surface area contributed by atoms with Crippen molar-refractivity contribution in [3.8, 4) is 0 Å². The molecule has 0 aromatic heterocycles. The standard InChI is InChI=1S/C22H26FN3O3/c23-19-8-6-18(7-9-19)20(26-12-14-29-15-13-26)16-25-22(28)21(27)24-11-10-17-4-2-1-3-5-17/h1-9,20H,10-16H2,(H,24,27)(H,25,28)/t20-/m1/s1. The summed E-state index contributed by atoms with van der Waals surface area (Å²) in [7, 11) is 0. The van der Waals surface area contributed by atoms with Crippen LogP contribution in [0.15, 0.2) is 54.6 Å². The van der Waals surface area contributed by atoms with E-state index in [0.717, 1.165) is 11.1 Å². The number of morpholine rings is 1. The highest BCUT2D eigenvalue weighted by molar-refractivity contribution is 6.35. The largest absolute Gasteiger partial charge is 0.379 e. The first-order valence-electron chi connectivity index (χ1n) is 9.80. The van der Waals surface area contributed by atoms with E-state index in [-0.39, 0.29) is 18.4 Å². The molecule has 2 aromatic carbocycles. The van der Waals surface area contributed by atoms with Gasteiger partial charge in [0.05, 0.1) is 19.3 Å². The smallest absolute Gasteiger partial charge is 0.309 e. The second kappa shape index (κ2) is 10.7. The van der Waals surface area contributed by atoms with Crippen LogP contribution >= 0.6 is 0 Å². The van der Waals surface area contributed by atoms with Crippen LogP contribution in [-0.2, 0) is 20.7 Å². The summed E-state index contributed by atoms with van der Waals surface area (Å²) in [5.41, 5.74) is 1.98. The Kier molecular flexibility index (Phi) is 7.72. The Morgan fingerprint density at radius 2 is 1.62 bits per heavy atom. The monoisotopic (exact) mass is 399 g/mol. The molecule has 0 aliphatic carbocycles. The lowest BCUT2D eigenvalue weighted by molar-refractivity contribution is -0.139. The lowest BCUT2D eigenvalue weighted by Crippen LogP contribution is -2.47. The first kappa shape index (κ1) is 21.0. The Morgan fingerprint density at radius 1 is 0.966 bits per heavy atom. The van der Waals surface area contributed by atoms with E-state index in [1.165, 1.54) is 12.1 Å². The van der Waals surface area contributed by atoms with E-state index in [1.807, 2.05) is 30.3 Å². The number of rotatable bonds is 7. The van der Waals surface area contributed by atoms with Crippen molar-refractivity contribution in [2.24, 2.45) is 0 Å². The Morgan fingerprint density at radius 3 is 2.31 bits per heavy atom. The van der Waals surface area contributed by atoms with Gasteiger partial charge in [-0.1, -0.05) is 42.5 Å². The lowest BCUT2D eigenvalue weighted by Gasteiger charge is -2.34. The molecule has 0 spiro atoms. The molecule has 6 nitrogen and oxygen atoms in total. The maximum atomic E-state index is 13.3. The highest BCUT2D eigenvalue weighted by Gasteiger charge is 2.24. The predicted molar refractivity (Wildman–Crippen MR) is 108 cm³/mol. The van der Waals surface area contributed by atoms with Gasteiger partial charge in [0, 0.05) is 26.2 Å². The number of benzene rings is 2. The van der Waals surface area contributed by atoms with Gasteiger partial charge < -0.3 is 15.4 Å². The van der Waals surface area contributed by atoms with E-state index >= 15 is 0 Å². The molecule has 3 rings (SSSR count). The molecule has 1 saturated heterocycles. The topological polar surface area (TPSA) is 70.7 Å². The molecule has 0 unspecified atom stereocenters. The van der Waals surface area contributed by atoms with Crippen LogP contribution in [0.1, 0.15) is 17.2 Å². The SMILES string of the molecule is O=C(NCCc1ccccc1)C(=O)NC[C@H](c1ccc(F)cc1)N1CCOCC1. The van der Waals surface area contributed by atoms with Gasteiger partial charge in [-0.2, -0.15) is 0 Å². The van der Waals surface area contributed by atoms with E-state index in [0.29, 0.717) is 39.3 Å². The van der Waals surface area contributed by atoms with Gasteiger partial charge in [-0.3, -0.25) is 14.5 Å². The lowest BCUT2D eigenvalue weighted by atomic mass is 10.0. The van der Waals surface area contributed by atoms with Crippen molar-refractivity contribution in [3.05, 3.63) is 71.5 Å². The Labute approximate surface area is 170 Å². The summed E-state index contributed by atoms with van der Waals surface area (Å²) in [6.45, 7) is 3.28. The maximum absolute atomic E-state index is 13.3. The fourth-order valence-electron chi connectivity index (χ4n) is 3.35. The van der Waals surface area contributed by atoms with Crippen molar-refractivity contribution in [1.82, 2.24) is 15.5 Å². The van der Waals surface area contributed by atoms with E-state index in [4.69, 9.17) is 4.74 Å². The highest BCUT2D eigenvalue weighted by atomic mass is 19.1. The first-order valence-corrected chi connectivity index (χ1v) is 9.80. The second-order valence-electron chi connectivity index (χ2n) is 6.92. The summed E-state index contributed by atoms with van der Waals surface area (Å²) in [5, 5.41) is 5.36. The average molecular weight is 399 g/mol. The second-order valence-corrected chi connectivity index (χ2v) is 6.92. The minimum Gasteiger partial charge on any atom is -0.379 e. The van der Waals surface area contributed by atoms with Crippen LogP contribution in [0.3, 0.4) is 0 Å². The van der Waals surface area contributed by atoms with Gasteiger partial charge in [-0.05, 0) is 29.7 Å². The minimum absolute atomic E-state index is 0.152. The quantitative estimate of drug-likeness (QED) is 0.695. The molecule has 1 heterocycles. The molecule has 154 valence electrons. The van der Waals surface area contributed by atoms with E-state index < -0.39 is 11.8 Å². The van der Waals surface area contributed by atoms with Gasteiger partial charge in [0.15, 0.2) is 0 Å². The van der Waals surface area contributed by atoms with Crippen molar-refractivity contribution >= 4 is 11.8 Å². The van der Waals surface area contributed by atoms with E-state index in [1.54, 1.807) is 12.1 Å². The summed E-state index contributed by atoms with van der Waals surface area (Å²) >= 11 is 0. The number of ether oxygens (including phenoxy) is 1. The number of halogens is 1. The summed E-state index contributed by atoms with van der Waals surface area (Å²) in [6, 6.07) is 15.8. The van der Waals surface area contributed by atoms with E-state index in [2.05, 4.69) is 15.5 Å². The van der Waals surface area contributed by atoms with Crippen LogP contribution in [0.5, 0.6) is 0 Å². The van der Waals surface area contributed by atoms with Gasteiger partial charge in [-0.25, -0.2) is 4.39 Å². The maximum Gasteiger partial charge on any atom is 0.309 e. The summed E-state index contributed by atoms with van der Waals surface area (Å²) in [5.74, 6) is -1.63.